The van der Waals surface area contributed by atoms with E-state index >= 15 is 0 Å². The molecule has 0 aliphatic rings. The van der Waals surface area contributed by atoms with Crippen molar-refractivity contribution in [3.05, 3.63) is 0 Å². The number of aliphatic carboxylic acids is 1. The molecule has 0 aromatic carbocycles. The van der Waals surface area contributed by atoms with Crippen molar-refractivity contribution < 1.29 is 19.5 Å². The molecule has 7 nitrogen and oxygen atoms in total. The maximum Gasteiger partial charge on any atom is 0.329 e. The minimum absolute atomic E-state index is 0.104. The SMILES string of the molecule is CCNC(=O)CN(C)C(=O)N(C)C(C)(C)C(=O)O. The molecule has 0 atom stereocenters. The highest BCUT2D eigenvalue weighted by Crippen LogP contribution is 2.14. The van der Waals surface area contributed by atoms with E-state index in [9.17, 15) is 14.4 Å². The largest absolute Gasteiger partial charge is 0.480 e. The topological polar surface area (TPSA) is 90.0 Å². The molecule has 0 saturated heterocycles. The zero-order chi connectivity index (χ0) is 14.5. The molecule has 0 rings (SSSR count). The number of carboxylic acids is 1. The zero-order valence-corrected chi connectivity index (χ0v) is 11.5. The Kier molecular flexibility index (Phi) is 5.61. The normalized spacial score (nSPS) is 10.7. The fourth-order valence-corrected chi connectivity index (χ4v) is 1.17. The fraction of sp³-hybridized carbons (Fsp3) is 0.727. The molecular formula is C11H21N3O4. The number of carbonyl (C=O) groups is 3. The van der Waals surface area contributed by atoms with Crippen molar-refractivity contribution in [3.8, 4) is 0 Å². The molecular weight excluding hydrogens is 238 g/mol. The van der Waals surface area contributed by atoms with Gasteiger partial charge in [-0.05, 0) is 20.8 Å². The Labute approximate surface area is 107 Å². The Morgan fingerprint density at radius 1 is 1.22 bits per heavy atom. The van der Waals surface area contributed by atoms with E-state index in [2.05, 4.69) is 5.32 Å². The molecule has 0 spiro atoms. The first-order valence-corrected chi connectivity index (χ1v) is 5.63. The van der Waals surface area contributed by atoms with Crippen LogP contribution in [-0.4, -0.2) is 65.5 Å². The average Bonchev–Trinajstić information content (AvgIpc) is 2.26. The van der Waals surface area contributed by atoms with Crippen molar-refractivity contribution in [1.82, 2.24) is 15.1 Å². The van der Waals surface area contributed by atoms with E-state index in [1.165, 1.54) is 32.8 Å². The standard InChI is InChI=1S/C11H21N3O4/c1-6-12-8(15)7-13(4)10(18)14(5)11(2,3)9(16)17/h6-7H2,1-5H3,(H,12,15)(H,16,17). The van der Waals surface area contributed by atoms with E-state index in [0.717, 1.165) is 4.90 Å². The molecule has 0 fully saturated rings. The van der Waals surface area contributed by atoms with Gasteiger partial charge >= 0.3 is 12.0 Å². The van der Waals surface area contributed by atoms with E-state index in [1.54, 1.807) is 6.92 Å². The first-order valence-electron chi connectivity index (χ1n) is 5.63. The van der Waals surface area contributed by atoms with Gasteiger partial charge < -0.3 is 20.2 Å². The number of hydrogen-bond acceptors (Lipinski definition) is 3. The van der Waals surface area contributed by atoms with Crippen LogP contribution in [0.5, 0.6) is 0 Å². The summed E-state index contributed by atoms with van der Waals surface area (Å²) in [7, 11) is 2.84. The lowest BCUT2D eigenvalue weighted by molar-refractivity contribution is -0.147. The highest BCUT2D eigenvalue weighted by atomic mass is 16.4. The average molecular weight is 259 g/mol. The Morgan fingerprint density at radius 2 is 1.72 bits per heavy atom. The molecule has 18 heavy (non-hydrogen) atoms. The lowest BCUT2D eigenvalue weighted by Gasteiger charge is -2.34. The van der Waals surface area contributed by atoms with Crippen LogP contribution < -0.4 is 5.32 Å². The second-order valence-electron chi connectivity index (χ2n) is 4.52. The molecule has 0 bridgehead atoms. The van der Waals surface area contributed by atoms with Gasteiger partial charge in [0.1, 0.15) is 12.1 Å². The second-order valence-corrected chi connectivity index (χ2v) is 4.52. The van der Waals surface area contributed by atoms with Gasteiger partial charge in [-0.25, -0.2) is 9.59 Å². The van der Waals surface area contributed by atoms with Crippen LogP contribution in [0.25, 0.3) is 0 Å². The van der Waals surface area contributed by atoms with Crippen LogP contribution in [0, 0.1) is 0 Å². The summed E-state index contributed by atoms with van der Waals surface area (Å²) < 4.78 is 0. The van der Waals surface area contributed by atoms with E-state index < -0.39 is 17.5 Å². The number of carboxylic acid groups (broad SMARTS) is 1. The fourth-order valence-electron chi connectivity index (χ4n) is 1.17. The van der Waals surface area contributed by atoms with Crippen molar-refractivity contribution in [1.29, 1.82) is 0 Å². The van der Waals surface area contributed by atoms with Crippen LogP contribution in [0.4, 0.5) is 4.79 Å². The number of hydrogen-bond donors (Lipinski definition) is 2. The number of rotatable bonds is 5. The molecule has 0 radical (unpaired) electrons. The van der Waals surface area contributed by atoms with Crippen LogP contribution in [0.1, 0.15) is 20.8 Å². The quantitative estimate of drug-likeness (QED) is 0.725. The van der Waals surface area contributed by atoms with Gasteiger partial charge in [-0.1, -0.05) is 0 Å². The summed E-state index contributed by atoms with van der Waals surface area (Å²) in [6.07, 6.45) is 0. The molecule has 0 aliphatic carbocycles. The number of carbonyl (C=O) groups excluding carboxylic acids is 2. The van der Waals surface area contributed by atoms with Gasteiger partial charge in [-0.2, -0.15) is 0 Å². The van der Waals surface area contributed by atoms with Gasteiger partial charge in [0.2, 0.25) is 5.91 Å². The van der Waals surface area contributed by atoms with Crippen molar-refractivity contribution in [2.75, 3.05) is 27.2 Å². The van der Waals surface area contributed by atoms with Crippen molar-refractivity contribution >= 4 is 17.9 Å². The van der Waals surface area contributed by atoms with Crippen LogP contribution >= 0.6 is 0 Å². The molecule has 3 amide bonds. The number of urea groups is 1. The molecule has 0 unspecified atom stereocenters. The lowest BCUT2D eigenvalue weighted by Crippen LogP contribution is -2.55. The highest BCUT2D eigenvalue weighted by Gasteiger charge is 2.36. The van der Waals surface area contributed by atoms with E-state index in [-0.39, 0.29) is 12.5 Å². The van der Waals surface area contributed by atoms with Crippen LogP contribution in [0.2, 0.25) is 0 Å². The van der Waals surface area contributed by atoms with Gasteiger partial charge in [-0.3, -0.25) is 4.79 Å². The predicted molar refractivity (Wildman–Crippen MR) is 66.2 cm³/mol. The monoisotopic (exact) mass is 259 g/mol. The maximum atomic E-state index is 11.9. The van der Waals surface area contributed by atoms with Crippen molar-refractivity contribution in [2.45, 2.75) is 26.3 Å². The minimum atomic E-state index is -1.33. The van der Waals surface area contributed by atoms with Gasteiger partial charge in [0, 0.05) is 20.6 Å². The Bertz CT molecular complexity index is 341. The molecule has 0 aromatic rings. The molecule has 104 valence electrons. The van der Waals surface area contributed by atoms with Crippen molar-refractivity contribution in [2.24, 2.45) is 0 Å². The molecule has 0 heterocycles. The van der Waals surface area contributed by atoms with E-state index in [0.29, 0.717) is 6.54 Å². The lowest BCUT2D eigenvalue weighted by atomic mass is 10.0. The van der Waals surface area contributed by atoms with Gasteiger partial charge in [-0.15, -0.1) is 0 Å². The number of amides is 3. The summed E-state index contributed by atoms with van der Waals surface area (Å²) in [4.78, 5) is 36.6. The third kappa shape index (κ3) is 3.90. The third-order valence-electron chi connectivity index (χ3n) is 2.73. The second kappa shape index (κ2) is 6.23. The van der Waals surface area contributed by atoms with Gasteiger partial charge in [0.15, 0.2) is 0 Å². The summed E-state index contributed by atoms with van der Waals surface area (Å²) >= 11 is 0. The number of nitrogens with one attached hydrogen (secondary N) is 1. The van der Waals surface area contributed by atoms with Crippen LogP contribution in [-0.2, 0) is 9.59 Å². The summed E-state index contributed by atoms with van der Waals surface area (Å²) in [5.74, 6) is -1.39. The molecule has 0 aromatic heterocycles. The summed E-state index contributed by atoms with van der Waals surface area (Å²) in [5.41, 5.74) is -1.33. The molecule has 0 aliphatic heterocycles. The first-order chi connectivity index (χ1) is 8.14. The van der Waals surface area contributed by atoms with E-state index in [4.69, 9.17) is 5.11 Å². The predicted octanol–water partition coefficient (Wildman–Crippen LogP) is -0.0307. The highest BCUT2D eigenvalue weighted by molar-refractivity contribution is 5.88. The maximum absolute atomic E-state index is 11.9. The summed E-state index contributed by atoms with van der Waals surface area (Å²) in [5, 5.41) is 11.6. The zero-order valence-electron chi connectivity index (χ0n) is 11.5. The molecule has 2 N–H and O–H groups in total. The summed E-state index contributed by atoms with van der Waals surface area (Å²) in [6.45, 7) is 5.00. The number of likely N-dealkylation sites (N-methyl/N-ethyl adjacent to an activating group) is 3. The smallest absolute Gasteiger partial charge is 0.329 e. The minimum Gasteiger partial charge on any atom is -0.480 e. The molecule has 7 heteroatoms. The number of nitrogens with zero attached hydrogens (tertiary/aromatic N) is 2. The Morgan fingerprint density at radius 3 is 2.11 bits per heavy atom. The van der Waals surface area contributed by atoms with Crippen molar-refractivity contribution in [3.63, 3.8) is 0 Å². The molecule has 0 saturated carbocycles. The summed E-state index contributed by atoms with van der Waals surface area (Å²) in [6, 6.07) is -0.520. The van der Waals surface area contributed by atoms with Crippen LogP contribution in [0.15, 0.2) is 0 Å². The third-order valence-corrected chi connectivity index (χ3v) is 2.73. The van der Waals surface area contributed by atoms with E-state index in [1.807, 2.05) is 0 Å². The Balaban J connectivity index is 4.65. The van der Waals surface area contributed by atoms with Crippen LogP contribution in [0.3, 0.4) is 0 Å². The van der Waals surface area contributed by atoms with Gasteiger partial charge in [0.05, 0.1) is 0 Å². The Hall–Kier alpha value is -1.79. The van der Waals surface area contributed by atoms with Gasteiger partial charge in [0.25, 0.3) is 0 Å². The first kappa shape index (κ1) is 16.2.